The Morgan fingerprint density at radius 1 is 0.216 bits per heavy atom. The molecule has 0 amide bonds. The van der Waals surface area contributed by atoms with Crippen LogP contribution in [0.3, 0.4) is 0 Å². The maximum Gasteiger partial charge on any atom is 0.0547 e. The molecule has 4 heteroatoms. The molecule has 4 nitrogen and oxygen atoms in total. The molecular formula is C70H46N4. The molecular weight excluding hydrogens is 897 g/mol. The molecule has 0 radical (unpaired) electrons. The summed E-state index contributed by atoms with van der Waals surface area (Å²) in [6, 6.07) is 102. The van der Waals surface area contributed by atoms with Crippen molar-refractivity contribution in [2.75, 3.05) is 4.90 Å². The number of aromatic nitrogens is 3. The highest BCUT2D eigenvalue weighted by Crippen LogP contribution is 2.44. The third kappa shape index (κ3) is 6.55. The lowest BCUT2D eigenvalue weighted by Gasteiger charge is -2.28. The van der Waals surface area contributed by atoms with Crippen LogP contribution in [0.25, 0.3) is 116 Å². The number of anilines is 3. The lowest BCUT2D eigenvalue weighted by molar-refractivity contribution is 1.18. The third-order valence-electron chi connectivity index (χ3n) is 15.3. The summed E-state index contributed by atoms with van der Waals surface area (Å²) >= 11 is 0. The molecule has 15 rings (SSSR count). The van der Waals surface area contributed by atoms with Gasteiger partial charge in [0.2, 0.25) is 0 Å². The van der Waals surface area contributed by atoms with Gasteiger partial charge in [-0.3, -0.25) is 0 Å². The van der Waals surface area contributed by atoms with E-state index in [1.807, 2.05) is 0 Å². The van der Waals surface area contributed by atoms with Gasteiger partial charge < -0.3 is 18.6 Å². The fraction of sp³-hybridized carbons (Fsp3) is 0. The second kappa shape index (κ2) is 16.9. The van der Waals surface area contributed by atoms with Gasteiger partial charge in [0.15, 0.2) is 0 Å². The van der Waals surface area contributed by atoms with Gasteiger partial charge >= 0.3 is 0 Å². The Morgan fingerprint density at radius 2 is 0.568 bits per heavy atom. The lowest BCUT2D eigenvalue weighted by atomic mass is 10.0. The van der Waals surface area contributed by atoms with E-state index in [0.29, 0.717) is 0 Å². The van der Waals surface area contributed by atoms with E-state index in [1.165, 1.54) is 87.3 Å². The van der Waals surface area contributed by atoms with Crippen molar-refractivity contribution in [3.05, 3.63) is 279 Å². The van der Waals surface area contributed by atoms with Crippen molar-refractivity contribution in [2.45, 2.75) is 0 Å². The van der Waals surface area contributed by atoms with Gasteiger partial charge in [-0.15, -0.1) is 0 Å². The maximum atomic E-state index is 2.44. The van der Waals surface area contributed by atoms with Crippen molar-refractivity contribution < 1.29 is 0 Å². The Labute approximate surface area is 428 Å². The van der Waals surface area contributed by atoms with Crippen molar-refractivity contribution in [2.24, 2.45) is 0 Å². The fourth-order valence-corrected chi connectivity index (χ4v) is 11.9. The van der Waals surface area contributed by atoms with Crippen LogP contribution in [0.2, 0.25) is 0 Å². The first-order valence-electron chi connectivity index (χ1n) is 25.4. The minimum Gasteiger partial charge on any atom is -0.310 e. The van der Waals surface area contributed by atoms with E-state index in [-0.39, 0.29) is 0 Å². The second-order valence-corrected chi connectivity index (χ2v) is 19.3. The zero-order valence-corrected chi connectivity index (χ0v) is 40.3. The van der Waals surface area contributed by atoms with E-state index < -0.39 is 0 Å². The molecule has 0 saturated carbocycles. The van der Waals surface area contributed by atoms with Crippen molar-refractivity contribution in [3.8, 4) is 39.3 Å². The molecule has 3 heterocycles. The average molecular weight is 943 g/mol. The topological polar surface area (TPSA) is 18.0 Å². The van der Waals surface area contributed by atoms with E-state index in [2.05, 4.69) is 298 Å². The van der Waals surface area contributed by atoms with Gasteiger partial charge in [-0.2, -0.15) is 0 Å². The fourth-order valence-electron chi connectivity index (χ4n) is 11.9. The van der Waals surface area contributed by atoms with Gasteiger partial charge in [0.05, 0.1) is 44.5 Å². The van der Waals surface area contributed by atoms with Gasteiger partial charge in [-0.1, -0.05) is 182 Å². The summed E-state index contributed by atoms with van der Waals surface area (Å²) in [4.78, 5) is 2.42. The average Bonchev–Trinajstić information content (AvgIpc) is 4.11. The van der Waals surface area contributed by atoms with Crippen molar-refractivity contribution >= 4 is 93.3 Å². The molecule has 15 aromatic rings. The number of fused-ring (bicyclic) bond motifs is 10. The molecule has 0 unspecified atom stereocenters. The highest BCUT2D eigenvalue weighted by atomic mass is 15.1. The van der Waals surface area contributed by atoms with E-state index in [1.54, 1.807) is 0 Å². The van der Waals surface area contributed by atoms with E-state index in [9.17, 15) is 0 Å². The number of hydrogen-bond acceptors (Lipinski definition) is 1. The first kappa shape index (κ1) is 41.8. The van der Waals surface area contributed by atoms with E-state index >= 15 is 0 Å². The molecule has 0 fully saturated rings. The summed E-state index contributed by atoms with van der Waals surface area (Å²) in [6.07, 6.45) is 0. The summed E-state index contributed by atoms with van der Waals surface area (Å²) in [6.45, 7) is 0. The van der Waals surface area contributed by atoms with Crippen molar-refractivity contribution in [3.63, 3.8) is 0 Å². The zero-order valence-electron chi connectivity index (χ0n) is 40.3. The van der Waals surface area contributed by atoms with Crippen LogP contribution in [0.5, 0.6) is 0 Å². The Bertz CT molecular complexity index is 4530. The quantitative estimate of drug-likeness (QED) is 0.148. The summed E-state index contributed by atoms with van der Waals surface area (Å²) in [5.74, 6) is 0. The largest absolute Gasteiger partial charge is 0.310 e. The van der Waals surface area contributed by atoms with Gasteiger partial charge in [-0.25, -0.2) is 0 Å². The van der Waals surface area contributed by atoms with Crippen molar-refractivity contribution in [1.82, 2.24) is 13.7 Å². The molecule has 0 aliphatic rings. The molecule has 0 bridgehead atoms. The highest BCUT2D eigenvalue weighted by Gasteiger charge is 2.21. The molecule has 0 aliphatic heterocycles. The van der Waals surface area contributed by atoms with Crippen LogP contribution in [-0.4, -0.2) is 13.7 Å². The van der Waals surface area contributed by atoms with Crippen LogP contribution in [0, 0.1) is 0 Å². The van der Waals surface area contributed by atoms with Crippen LogP contribution in [0.15, 0.2) is 279 Å². The molecule has 3 aromatic heterocycles. The second-order valence-electron chi connectivity index (χ2n) is 19.3. The Kier molecular flexibility index (Phi) is 9.54. The zero-order chi connectivity index (χ0) is 48.7. The first-order chi connectivity index (χ1) is 36.7. The number of benzene rings is 12. The molecule has 346 valence electrons. The number of para-hydroxylation sites is 6. The normalized spacial score (nSPS) is 11.8. The lowest BCUT2D eigenvalue weighted by Crippen LogP contribution is -2.11. The first-order valence-corrected chi connectivity index (χ1v) is 25.4. The SMILES string of the molecule is c1ccc(-n2c3ccccc3c3ccc(-c4ccc(N(c5ccc(-c6ccc(-n7c8ccccc8c8ccccc87)cc6)cc5)c5ccc(-n6c7ccccc7c7ccccc76)c6ccccc56)cc4)cc32)cc1. The van der Waals surface area contributed by atoms with Crippen LogP contribution in [0.4, 0.5) is 17.1 Å². The van der Waals surface area contributed by atoms with Crippen LogP contribution < -0.4 is 4.90 Å². The number of nitrogens with zero attached hydrogens (tertiary/aromatic N) is 4. The minimum atomic E-state index is 1.08. The molecule has 0 N–H and O–H groups in total. The Hall–Kier alpha value is -9.90. The van der Waals surface area contributed by atoms with E-state index in [4.69, 9.17) is 0 Å². The van der Waals surface area contributed by atoms with Crippen LogP contribution in [0.1, 0.15) is 0 Å². The van der Waals surface area contributed by atoms with Gasteiger partial charge in [0.1, 0.15) is 0 Å². The Balaban J connectivity index is 0.853. The molecule has 0 aliphatic carbocycles. The molecule has 0 atom stereocenters. The molecule has 0 spiro atoms. The van der Waals surface area contributed by atoms with Gasteiger partial charge in [0, 0.05) is 65.8 Å². The number of hydrogen-bond donors (Lipinski definition) is 0. The summed E-state index contributed by atoms with van der Waals surface area (Å²) < 4.78 is 7.20. The predicted molar refractivity (Wildman–Crippen MR) is 313 cm³/mol. The summed E-state index contributed by atoms with van der Waals surface area (Å²) in [5.41, 5.74) is 18.6. The molecule has 0 saturated heterocycles. The summed E-state index contributed by atoms with van der Waals surface area (Å²) in [7, 11) is 0. The monoisotopic (exact) mass is 942 g/mol. The minimum absolute atomic E-state index is 1.08. The number of rotatable bonds is 8. The smallest absolute Gasteiger partial charge is 0.0547 e. The van der Waals surface area contributed by atoms with Crippen LogP contribution in [-0.2, 0) is 0 Å². The van der Waals surface area contributed by atoms with E-state index in [0.717, 1.165) is 45.3 Å². The third-order valence-corrected chi connectivity index (χ3v) is 15.3. The maximum absolute atomic E-state index is 2.44. The van der Waals surface area contributed by atoms with Gasteiger partial charge in [-0.05, 0) is 119 Å². The van der Waals surface area contributed by atoms with Crippen LogP contribution >= 0.6 is 0 Å². The predicted octanol–water partition coefficient (Wildman–Crippen LogP) is 18.9. The summed E-state index contributed by atoms with van der Waals surface area (Å²) in [5, 5.41) is 9.87. The van der Waals surface area contributed by atoms with Crippen molar-refractivity contribution in [1.29, 1.82) is 0 Å². The van der Waals surface area contributed by atoms with Gasteiger partial charge in [0.25, 0.3) is 0 Å². The Morgan fingerprint density at radius 3 is 1.07 bits per heavy atom. The molecule has 12 aromatic carbocycles. The highest BCUT2D eigenvalue weighted by molar-refractivity contribution is 6.13. The molecule has 74 heavy (non-hydrogen) atoms. The standard InChI is InChI=1S/C70H46N4/c1-2-16-51(17-3-1)73-65-27-13-8-24-61(65)62-43-36-50(46-70(62)73)49-34-39-53(40-35-49)71(68-44-45-69(60-19-5-4-18-59(60)68)74-66-28-14-9-22-57(66)58-23-10-15-29-67(58)74)52-37-30-47(31-38-52)48-32-41-54(42-33-48)72-63-25-11-6-20-55(63)56-21-7-12-26-64(56)72/h1-46H.